The maximum atomic E-state index is 13.0. The third-order valence-corrected chi connectivity index (χ3v) is 4.45. The summed E-state index contributed by atoms with van der Waals surface area (Å²) in [6.45, 7) is 7.42. The van der Waals surface area contributed by atoms with Crippen LogP contribution < -0.4 is 5.32 Å². The zero-order valence-corrected chi connectivity index (χ0v) is 16.8. The predicted octanol–water partition coefficient (Wildman–Crippen LogP) is 3.14. The molecule has 2 aromatic rings. The van der Waals surface area contributed by atoms with E-state index in [1.807, 2.05) is 36.0 Å². The van der Waals surface area contributed by atoms with Gasteiger partial charge in [0.25, 0.3) is 0 Å². The van der Waals surface area contributed by atoms with E-state index in [9.17, 15) is 9.59 Å². The van der Waals surface area contributed by atoms with Gasteiger partial charge >= 0.3 is 6.03 Å². The molecular weight excluding hydrogens is 356 g/mol. The van der Waals surface area contributed by atoms with Crippen LogP contribution in [0, 0.1) is 0 Å². The number of hydrogen-bond acceptors (Lipinski definition) is 3. The van der Waals surface area contributed by atoms with Crippen LogP contribution >= 0.6 is 0 Å². The van der Waals surface area contributed by atoms with Crippen LogP contribution in [0.5, 0.6) is 0 Å². The second-order valence-corrected chi connectivity index (χ2v) is 6.69. The molecule has 7 nitrogen and oxygen atoms in total. The lowest BCUT2D eigenvalue weighted by molar-refractivity contribution is -0.133. The first-order valence-corrected chi connectivity index (χ1v) is 9.59. The van der Waals surface area contributed by atoms with Crippen molar-refractivity contribution in [2.75, 3.05) is 19.6 Å². The number of unbranched alkanes of at least 4 members (excludes halogenated alkanes) is 1. The van der Waals surface area contributed by atoms with Crippen molar-refractivity contribution in [1.29, 1.82) is 0 Å². The monoisotopic (exact) mass is 386 g/mol. The van der Waals surface area contributed by atoms with Crippen LogP contribution in [0.15, 0.2) is 53.8 Å². The Morgan fingerprint density at radius 2 is 2.07 bits per heavy atom. The van der Waals surface area contributed by atoms with E-state index in [2.05, 4.69) is 18.8 Å². The van der Waals surface area contributed by atoms with Crippen LogP contribution in [-0.4, -0.2) is 45.9 Å². The van der Waals surface area contributed by atoms with E-state index in [4.69, 9.17) is 4.42 Å². The van der Waals surface area contributed by atoms with Crippen LogP contribution in [-0.2, 0) is 24.9 Å². The van der Waals surface area contributed by atoms with E-state index in [1.165, 1.54) is 4.90 Å². The fraction of sp³-hybridized carbons (Fsp3) is 0.429. The summed E-state index contributed by atoms with van der Waals surface area (Å²) in [5.41, 5.74) is 1.00. The molecule has 2 heterocycles. The molecule has 1 N–H and O–H groups in total. The van der Waals surface area contributed by atoms with Crippen LogP contribution in [0.1, 0.15) is 31.2 Å². The van der Waals surface area contributed by atoms with Crippen molar-refractivity contribution in [1.82, 2.24) is 19.7 Å². The van der Waals surface area contributed by atoms with Gasteiger partial charge in [-0.2, -0.15) is 0 Å². The minimum absolute atomic E-state index is 0.0187. The van der Waals surface area contributed by atoms with Gasteiger partial charge in [0.1, 0.15) is 12.3 Å². The van der Waals surface area contributed by atoms with E-state index in [1.54, 1.807) is 23.3 Å². The van der Waals surface area contributed by atoms with Crippen LogP contribution in [0.4, 0.5) is 4.79 Å². The Hall–Kier alpha value is -2.96. The third-order valence-electron chi connectivity index (χ3n) is 4.45. The van der Waals surface area contributed by atoms with Crippen molar-refractivity contribution in [2.24, 2.45) is 7.05 Å². The molecular formula is C21H30N4O3. The maximum Gasteiger partial charge on any atom is 0.318 e. The molecule has 0 radical (unpaired) electrons. The Labute approximate surface area is 166 Å². The van der Waals surface area contributed by atoms with Gasteiger partial charge in [-0.15, -0.1) is 6.58 Å². The Kier molecular flexibility index (Phi) is 8.39. The second kappa shape index (κ2) is 11.0. The SMILES string of the molecule is C=CCN(CC(=O)N(Cc1ccco1)Cc1cccn1C)C(=O)NCCCC. The highest BCUT2D eigenvalue weighted by Gasteiger charge is 2.22. The molecule has 7 heteroatoms. The summed E-state index contributed by atoms with van der Waals surface area (Å²) in [7, 11) is 1.94. The molecule has 28 heavy (non-hydrogen) atoms. The summed E-state index contributed by atoms with van der Waals surface area (Å²) in [6.07, 6.45) is 7.05. The molecule has 0 aliphatic heterocycles. The Balaban J connectivity index is 2.08. The zero-order chi connectivity index (χ0) is 20.4. The summed E-state index contributed by atoms with van der Waals surface area (Å²) >= 11 is 0. The molecule has 0 aliphatic rings. The molecule has 0 aromatic carbocycles. The van der Waals surface area contributed by atoms with Crippen molar-refractivity contribution in [2.45, 2.75) is 32.9 Å². The normalized spacial score (nSPS) is 10.5. The average molecular weight is 386 g/mol. The van der Waals surface area contributed by atoms with E-state index in [0.29, 0.717) is 31.9 Å². The summed E-state index contributed by atoms with van der Waals surface area (Å²) in [5.74, 6) is 0.551. The number of aryl methyl sites for hydroxylation is 1. The molecule has 0 saturated carbocycles. The average Bonchev–Trinajstić information content (AvgIpc) is 3.33. The van der Waals surface area contributed by atoms with Gasteiger partial charge < -0.3 is 24.1 Å². The Morgan fingerprint density at radius 1 is 1.25 bits per heavy atom. The fourth-order valence-corrected chi connectivity index (χ4v) is 2.80. The molecule has 2 rings (SSSR count). The smallest absolute Gasteiger partial charge is 0.318 e. The highest BCUT2D eigenvalue weighted by molar-refractivity contribution is 5.84. The molecule has 2 aromatic heterocycles. The van der Waals surface area contributed by atoms with Gasteiger partial charge in [-0.05, 0) is 30.7 Å². The summed E-state index contributed by atoms with van der Waals surface area (Å²) in [5, 5.41) is 2.86. The van der Waals surface area contributed by atoms with Gasteiger partial charge in [-0.1, -0.05) is 19.4 Å². The number of hydrogen-bond donors (Lipinski definition) is 1. The number of furan rings is 1. The van der Waals surface area contributed by atoms with Crippen LogP contribution in [0.2, 0.25) is 0 Å². The van der Waals surface area contributed by atoms with Gasteiger partial charge in [-0.3, -0.25) is 4.79 Å². The Morgan fingerprint density at radius 3 is 2.68 bits per heavy atom. The lowest BCUT2D eigenvalue weighted by atomic mass is 10.3. The number of urea groups is 1. The van der Waals surface area contributed by atoms with E-state index < -0.39 is 0 Å². The zero-order valence-electron chi connectivity index (χ0n) is 16.8. The highest BCUT2D eigenvalue weighted by Crippen LogP contribution is 2.12. The van der Waals surface area contributed by atoms with Gasteiger partial charge in [-0.25, -0.2) is 4.79 Å². The first kappa shape index (κ1) is 21.3. The van der Waals surface area contributed by atoms with Crippen molar-refractivity contribution in [3.05, 3.63) is 60.8 Å². The molecule has 0 atom stereocenters. The quantitative estimate of drug-likeness (QED) is 0.476. The van der Waals surface area contributed by atoms with Gasteiger partial charge in [0.2, 0.25) is 5.91 Å². The predicted molar refractivity (Wildman–Crippen MR) is 108 cm³/mol. The van der Waals surface area contributed by atoms with E-state index in [0.717, 1.165) is 18.5 Å². The van der Waals surface area contributed by atoms with Crippen molar-refractivity contribution in [3.63, 3.8) is 0 Å². The number of nitrogens with zero attached hydrogens (tertiary/aromatic N) is 3. The molecule has 0 unspecified atom stereocenters. The van der Waals surface area contributed by atoms with Crippen molar-refractivity contribution >= 4 is 11.9 Å². The van der Waals surface area contributed by atoms with Gasteiger partial charge in [0.15, 0.2) is 0 Å². The Bertz CT molecular complexity index is 752. The van der Waals surface area contributed by atoms with Crippen LogP contribution in [0.3, 0.4) is 0 Å². The molecule has 3 amide bonds. The highest BCUT2D eigenvalue weighted by atomic mass is 16.3. The van der Waals surface area contributed by atoms with E-state index >= 15 is 0 Å². The number of carbonyl (C=O) groups excluding carboxylic acids is 2. The maximum absolute atomic E-state index is 13.0. The molecule has 0 saturated heterocycles. The summed E-state index contributed by atoms with van der Waals surface area (Å²) < 4.78 is 7.39. The van der Waals surface area contributed by atoms with Gasteiger partial charge in [0.05, 0.1) is 19.4 Å². The van der Waals surface area contributed by atoms with Crippen LogP contribution in [0.25, 0.3) is 0 Å². The molecule has 0 fully saturated rings. The van der Waals surface area contributed by atoms with Crippen molar-refractivity contribution in [3.8, 4) is 0 Å². The molecule has 152 valence electrons. The second-order valence-electron chi connectivity index (χ2n) is 6.69. The third kappa shape index (κ3) is 6.33. The molecule has 0 bridgehead atoms. The summed E-state index contributed by atoms with van der Waals surface area (Å²) in [6, 6.07) is 7.30. The van der Waals surface area contributed by atoms with Crippen molar-refractivity contribution < 1.29 is 14.0 Å². The number of carbonyl (C=O) groups is 2. The first-order chi connectivity index (χ1) is 13.5. The number of amides is 3. The molecule has 0 spiro atoms. The van der Waals surface area contributed by atoms with E-state index in [-0.39, 0.29) is 18.5 Å². The first-order valence-electron chi connectivity index (χ1n) is 9.59. The lowest BCUT2D eigenvalue weighted by Crippen LogP contribution is -2.46. The minimum atomic E-state index is -0.251. The largest absolute Gasteiger partial charge is 0.467 e. The fourth-order valence-electron chi connectivity index (χ4n) is 2.80. The topological polar surface area (TPSA) is 70.7 Å². The standard InChI is InChI=1S/C21H30N4O3/c1-4-6-11-22-21(27)24(12-5-2)17-20(26)25(16-19-10-8-14-28-19)15-18-9-7-13-23(18)3/h5,7-10,13-14H,2,4,6,11-12,15-17H2,1,3H3,(H,22,27). The number of rotatable bonds is 11. The number of nitrogens with one attached hydrogen (secondary N) is 1. The lowest BCUT2D eigenvalue weighted by Gasteiger charge is -2.27. The number of aromatic nitrogens is 1. The van der Waals surface area contributed by atoms with Gasteiger partial charge in [0, 0.05) is 32.0 Å². The molecule has 0 aliphatic carbocycles. The summed E-state index contributed by atoms with van der Waals surface area (Å²) in [4.78, 5) is 28.6. The minimum Gasteiger partial charge on any atom is -0.467 e.